The third-order valence-electron chi connectivity index (χ3n) is 3.80. The summed E-state index contributed by atoms with van der Waals surface area (Å²) in [5.41, 5.74) is 1.88. The Morgan fingerprint density at radius 1 is 1.20 bits per heavy atom. The first-order valence-electron chi connectivity index (χ1n) is 8.25. The Kier molecular flexibility index (Phi) is 7.13. The molecule has 1 unspecified atom stereocenters. The van der Waals surface area contributed by atoms with Crippen LogP contribution in [-0.4, -0.2) is 29.9 Å². The van der Waals surface area contributed by atoms with E-state index in [-0.39, 0.29) is 17.6 Å². The molecule has 0 saturated heterocycles. The van der Waals surface area contributed by atoms with Crippen molar-refractivity contribution >= 4 is 29.3 Å². The van der Waals surface area contributed by atoms with Crippen LogP contribution in [-0.2, 0) is 4.79 Å². The van der Waals surface area contributed by atoms with Crippen LogP contribution in [0.15, 0.2) is 47.1 Å². The molecule has 0 aliphatic carbocycles. The quantitative estimate of drug-likeness (QED) is 0.749. The average molecular weight is 360 g/mol. The zero-order valence-corrected chi connectivity index (χ0v) is 15.6. The van der Waals surface area contributed by atoms with Crippen LogP contribution >= 0.6 is 11.8 Å². The van der Waals surface area contributed by atoms with Crippen LogP contribution in [0.2, 0.25) is 0 Å². The van der Waals surface area contributed by atoms with Crippen molar-refractivity contribution in [2.24, 2.45) is 0 Å². The normalized spacial score (nSPS) is 12.0. The molecule has 2 N–H and O–H groups in total. The van der Waals surface area contributed by atoms with E-state index >= 15 is 0 Å². The highest BCUT2D eigenvalue weighted by atomic mass is 32.2. The molecular formula is C19H24N2O3S. The predicted molar refractivity (Wildman–Crippen MR) is 102 cm³/mol. The Hall–Kier alpha value is -2.21. The molecule has 1 aromatic heterocycles. The molecule has 0 radical (unpaired) electrons. The first-order chi connectivity index (χ1) is 12.0. The van der Waals surface area contributed by atoms with Crippen molar-refractivity contribution in [3.05, 3.63) is 54.0 Å². The van der Waals surface area contributed by atoms with Crippen molar-refractivity contribution in [3.63, 3.8) is 0 Å². The van der Waals surface area contributed by atoms with Crippen LogP contribution < -0.4 is 10.6 Å². The minimum absolute atomic E-state index is 0.198. The summed E-state index contributed by atoms with van der Waals surface area (Å²) in [5, 5.41) is 5.66. The number of carbonyl (C=O) groups excluding carboxylic acids is 2. The molecule has 5 nitrogen and oxygen atoms in total. The molecule has 0 spiro atoms. The van der Waals surface area contributed by atoms with E-state index in [1.165, 1.54) is 6.26 Å². The molecular weight excluding hydrogens is 336 g/mol. The second-order valence-electron chi connectivity index (χ2n) is 6.05. The molecule has 1 heterocycles. The summed E-state index contributed by atoms with van der Waals surface area (Å²) >= 11 is 1.63. The lowest BCUT2D eigenvalue weighted by molar-refractivity contribution is -0.118. The summed E-state index contributed by atoms with van der Waals surface area (Å²) < 4.78 is 5.09. The zero-order valence-electron chi connectivity index (χ0n) is 14.7. The predicted octanol–water partition coefficient (Wildman–Crippen LogP) is 3.89. The molecule has 1 aromatic carbocycles. The first kappa shape index (κ1) is 19.1. The average Bonchev–Trinajstić information content (AvgIpc) is 3.13. The molecule has 1 atom stereocenters. The minimum Gasteiger partial charge on any atom is -0.459 e. The minimum atomic E-state index is -0.618. The number of nitrogens with one attached hydrogen (secondary N) is 2. The van der Waals surface area contributed by atoms with Crippen molar-refractivity contribution in [2.45, 2.75) is 32.2 Å². The van der Waals surface area contributed by atoms with Crippen molar-refractivity contribution in [1.82, 2.24) is 5.32 Å². The van der Waals surface area contributed by atoms with Crippen LogP contribution in [0.1, 0.15) is 42.3 Å². The van der Waals surface area contributed by atoms with Crippen molar-refractivity contribution in [3.8, 4) is 0 Å². The number of benzene rings is 1. The summed E-state index contributed by atoms with van der Waals surface area (Å²) in [7, 11) is 0. The van der Waals surface area contributed by atoms with E-state index in [9.17, 15) is 9.59 Å². The molecule has 2 rings (SSSR count). The van der Waals surface area contributed by atoms with Gasteiger partial charge in [-0.1, -0.05) is 26.0 Å². The Morgan fingerprint density at radius 2 is 2.00 bits per heavy atom. The number of hydrogen-bond acceptors (Lipinski definition) is 4. The number of rotatable bonds is 8. The second kappa shape index (κ2) is 9.32. The maximum Gasteiger partial charge on any atom is 0.287 e. The van der Waals surface area contributed by atoms with Crippen LogP contribution in [0.5, 0.6) is 0 Å². The van der Waals surface area contributed by atoms with Crippen LogP contribution in [0.3, 0.4) is 0 Å². The van der Waals surface area contributed by atoms with E-state index in [2.05, 4.69) is 24.5 Å². The van der Waals surface area contributed by atoms with Gasteiger partial charge in [-0.3, -0.25) is 9.59 Å². The van der Waals surface area contributed by atoms with Gasteiger partial charge in [0.05, 0.1) is 6.26 Å². The van der Waals surface area contributed by atoms with Gasteiger partial charge in [-0.05, 0) is 54.2 Å². The second-order valence-corrected chi connectivity index (χ2v) is 7.04. The molecule has 2 aromatic rings. The third kappa shape index (κ3) is 5.67. The number of carbonyl (C=O) groups is 2. The van der Waals surface area contributed by atoms with Crippen LogP contribution in [0.4, 0.5) is 5.69 Å². The van der Waals surface area contributed by atoms with Gasteiger partial charge in [-0.25, -0.2) is 0 Å². The molecule has 0 aliphatic rings. The fourth-order valence-electron chi connectivity index (χ4n) is 2.35. The summed E-state index contributed by atoms with van der Waals surface area (Å²) in [6.07, 6.45) is 3.95. The summed E-state index contributed by atoms with van der Waals surface area (Å²) in [6.45, 7) is 4.21. The van der Waals surface area contributed by atoms with Crippen molar-refractivity contribution in [1.29, 1.82) is 0 Å². The Labute approximate surface area is 152 Å². The van der Waals surface area contributed by atoms with Gasteiger partial charge in [0.2, 0.25) is 5.91 Å². The summed E-state index contributed by atoms with van der Waals surface area (Å²) in [4.78, 5) is 24.8. The molecule has 25 heavy (non-hydrogen) atoms. The Morgan fingerprint density at radius 3 is 2.64 bits per heavy atom. The standard InChI is InChI=1S/C19H24N2O3S/c1-13(2)14-6-4-7-15(12-14)20-18(22)16(9-11-25-3)21-19(23)17-8-5-10-24-17/h4-8,10,12-13,16H,9,11H2,1-3H3,(H,20,22)(H,21,23). The number of anilines is 1. The van der Waals surface area contributed by atoms with E-state index in [4.69, 9.17) is 4.42 Å². The number of furan rings is 1. The fourth-order valence-corrected chi connectivity index (χ4v) is 2.82. The number of amides is 2. The van der Waals surface area contributed by atoms with E-state index in [1.54, 1.807) is 23.9 Å². The van der Waals surface area contributed by atoms with Crippen LogP contribution in [0.25, 0.3) is 0 Å². The van der Waals surface area contributed by atoms with E-state index in [0.717, 1.165) is 17.0 Å². The van der Waals surface area contributed by atoms with E-state index in [0.29, 0.717) is 12.3 Å². The van der Waals surface area contributed by atoms with E-state index < -0.39 is 6.04 Å². The van der Waals surface area contributed by atoms with Crippen LogP contribution in [0, 0.1) is 0 Å². The van der Waals surface area contributed by atoms with Gasteiger partial charge in [-0.15, -0.1) is 0 Å². The number of thioether (sulfide) groups is 1. The first-order valence-corrected chi connectivity index (χ1v) is 9.64. The van der Waals surface area contributed by atoms with Gasteiger partial charge in [0.15, 0.2) is 5.76 Å². The highest BCUT2D eigenvalue weighted by Gasteiger charge is 2.22. The maximum absolute atomic E-state index is 12.6. The van der Waals surface area contributed by atoms with Crippen molar-refractivity contribution in [2.75, 3.05) is 17.3 Å². The fraction of sp³-hybridized carbons (Fsp3) is 0.368. The summed E-state index contributed by atoms with van der Waals surface area (Å²) in [5.74, 6) is 0.728. The Balaban J connectivity index is 2.07. The smallest absolute Gasteiger partial charge is 0.287 e. The highest BCUT2D eigenvalue weighted by Crippen LogP contribution is 2.19. The maximum atomic E-state index is 12.6. The van der Waals surface area contributed by atoms with Gasteiger partial charge in [-0.2, -0.15) is 11.8 Å². The molecule has 0 fully saturated rings. The molecule has 0 saturated carbocycles. The van der Waals surface area contributed by atoms with Gasteiger partial charge in [0.1, 0.15) is 6.04 Å². The topological polar surface area (TPSA) is 71.3 Å². The highest BCUT2D eigenvalue weighted by molar-refractivity contribution is 7.98. The SMILES string of the molecule is CSCCC(NC(=O)c1ccco1)C(=O)Nc1cccc(C(C)C)c1. The third-order valence-corrected chi connectivity index (χ3v) is 4.44. The number of hydrogen-bond donors (Lipinski definition) is 2. The van der Waals surface area contributed by atoms with Gasteiger partial charge in [0.25, 0.3) is 5.91 Å². The van der Waals surface area contributed by atoms with Gasteiger partial charge < -0.3 is 15.1 Å². The molecule has 2 amide bonds. The summed E-state index contributed by atoms with van der Waals surface area (Å²) in [6, 6.07) is 10.4. The molecule has 134 valence electrons. The van der Waals surface area contributed by atoms with Gasteiger partial charge >= 0.3 is 0 Å². The zero-order chi connectivity index (χ0) is 18.2. The monoisotopic (exact) mass is 360 g/mol. The molecule has 0 aliphatic heterocycles. The lowest BCUT2D eigenvalue weighted by atomic mass is 10.0. The van der Waals surface area contributed by atoms with E-state index in [1.807, 2.05) is 30.5 Å². The lowest BCUT2D eigenvalue weighted by Crippen LogP contribution is -2.44. The van der Waals surface area contributed by atoms with Gasteiger partial charge in [0, 0.05) is 5.69 Å². The largest absolute Gasteiger partial charge is 0.459 e. The molecule has 6 heteroatoms. The van der Waals surface area contributed by atoms with Crippen molar-refractivity contribution < 1.29 is 14.0 Å². The lowest BCUT2D eigenvalue weighted by Gasteiger charge is -2.18. The molecule has 0 bridgehead atoms. The Bertz CT molecular complexity index is 698.